The van der Waals surface area contributed by atoms with Crippen molar-refractivity contribution in [2.24, 2.45) is 0 Å². The van der Waals surface area contributed by atoms with Crippen molar-refractivity contribution < 1.29 is 23.8 Å². The van der Waals surface area contributed by atoms with Gasteiger partial charge in [-0.25, -0.2) is 9.59 Å². The minimum Gasteiger partial charge on any atom is -0.464 e. The molecule has 0 aromatic rings. The monoisotopic (exact) mass is 372 g/mol. The van der Waals surface area contributed by atoms with Crippen LogP contribution in [0.1, 0.15) is 97.3 Å². The van der Waals surface area contributed by atoms with E-state index in [0.29, 0.717) is 13.2 Å². The molecule has 0 aliphatic rings. The first kappa shape index (κ1) is 24.9. The van der Waals surface area contributed by atoms with Crippen LogP contribution in [-0.2, 0) is 23.8 Å². The average molecular weight is 373 g/mol. The first-order valence-corrected chi connectivity index (χ1v) is 10.6. The van der Waals surface area contributed by atoms with Crippen LogP contribution in [0.3, 0.4) is 0 Å². The molecule has 5 nitrogen and oxygen atoms in total. The van der Waals surface area contributed by atoms with E-state index in [4.69, 9.17) is 14.2 Å². The van der Waals surface area contributed by atoms with Gasteiger partial charge in [-0.15, -0.1) is 0 Å². The van der Waals surface area contributed by atoms with Crippen LogP contribution in [0.15, 0.2) is 0 Å². The van der Waals surface area contributed by atoms with E-state index in [2.05, 4.69) is 13.8 Å². The Balaban J connectivity index is 3.30. The van der Waals surface area contributed by atoms with Crippen molar-refractivity contribution in [2.75, 3.05) is 26.4 Å². The molecule has 0 amide bonds. The number of hydrogen-bond acceptors (Lipinski definition) is 5. The molecule has 0 bridgehead atoms. The Morgan fingerprint density at radius 1 is 0.538 bits per heavy atom. The van der Waals surface area contributed by atoms with Crippen LogP contribution in [0.5, 0.6) is 0 Å². The second-order valence-corrected chi connectivity index (χ2v) is 6.82. The van der Waals surface area contributed by atoms with Gasteiger partial charge in [0.15, 0.2) is 0 Å². The fraction of sp³-hybridized carbons (Fsp3) is 0.905. The summed E-state index contributed by atoms with van der Waals surface area (Å²) in [6.45, 7) is 4.83. The lowest BCUT2D eigenvalue weighted by Crippen LogP contribution is -2.19. The van der Waals surface area contributed by atoms with Crippen LogP contribution in [0, 0.1) is 0 Å². The zero-order chi connectivity index (χ0) is 19.3. The molecule has 0 rings (SSSR count). The third kappa shape index (κ3) is 19.2. The summed E-state index contributed by atoms with van der Waals surface area (Å²) in [4.78, 5) is 22.9. The fourth-order valence-corrected chi connectivity index (χ4v) is 2.61. The van der Waals surface area contributed by atoms with E-state index in [0.717, 1.165) is 38.5 Å². The van der Waals surface area contributed by atoms with Gasteiger partial charge in [0.25, 0.3) is 0 Å². The van der Waals surface area contributed by atoms with Crippen LogP contribution in [0.2, 0.25) is 0 Å². The van der Waals surface area contributed by atoms with Gasteiger partial charge >= 0.3 is 11.9 Å². The third-order valence-electron chi connectivity index (χ3n) is 4.21. The van der Waals surface area contributed by atoms with Gasteiger partial charge in [0.05, 0.1) is 13.2 Å². The average Bonchev–Trinajstić information content (AvgIpc) is 2.63. The summed E-state index contributed by atoms with van der Waals surface area (Å²) in [5.74, 6) is -0.839. The van der Waals surface area contributed by atoms with E-state index in [1.54, 1.807) is 0 Å². The minimum atomic E-state index is -0.423. The molecule has 0 aromatic carbocycles. The van der Waals surface area contributed by atoms with Gasteiger partial charge in [-0.3, -0.25) is 0 Å². The maximum absolute atomic E-state index is 11.5. The Bertz CT molecular complexity index is 330. The predicted molar refractivity (Wildman–Crippen MR) is 104 cm³/mol. The van der Waals surface area contributed by atoms with Crippen molar-refractivity contribution >= 4 is 11.9 Å². The van der Waals surface area contributed by atoms with E-state index in [1.165, 1.54) is 44.9 Å². The van der Waals surface area contributed by atoms with E-state index in [1.807, 2.05) is 0 Å². The second kappa shape index (κ2) is 20.2. The highest BCUT2D eigenvalue weighted by Gasteiger charge is 2.07. The predicted octanol–water partition coefficient (Wildman–Crippen LogP) is 5.20. The third-order valence-corrected chi connectivity index (χ3v) is 4.21. The van der Waals surface area contributed by atoms with Crippen LogP contribution >= 0.6 is 0 Å². The first-order valence-electron chi connectivity index (χ1n) is 10.6. The zero-order valence-corrected chi connectivity index (χ0v) is 17.1. The maximum atomic E-state index is 11.5. The quantitative estimate of drug-likeness (QED) is 0.230. The summed E-state index contributed by atoms with van der Waals surface area (Å²) < 4.78 is 15.1. The molecule has 0 unspecified atom stereocenters. The molecule has 0 saturated heterocycles. The number of carbonyl (C=O) groups excluding carboxylic acids is 2. The van der Waals surface area contributed by atoms with E-state index < -0.39 is 11.9 Å². The summed E-state index contributed by atoms with van der Waals surface area (Å²) in [7, 11) is 0. The number of unbranched alkanes of at least 4 members (excludes halogenated alkanes) is 11. The van der Waals surface area contributed by atoms with Crippen molar-refractivity contribution in [2.45, 2.75) is 97.3 Å². The molecule has 0 aliphatic heterocycles. The normalized spacial score (nSPS) is 10.7. The maximum Gasteiger partial charge on any atom is 0.332 e. The van der Waals surface area contributed by atoms with Crippen LogP contribution in [-0.4, -0.2) is 38.4 Å². The first-order chi connectivity index (χ1) is 12.7. The fourth-order valence-electron chi connectivity index (χ4n) is 2.61. The second-order valence-electron chi connectivity index (χ2n) is 6.82. The Kier molecular flexibility index (Phi) is 19.4. The topological polar surface area (TPSA) is 61.8 Å². The van der Waals surface area contributed by atoms with Crippen molar-refractivity contribution in [3.63, 3.8) is 0 Å². The van der Waals surface area contributed by atoms with Gasteiger partial charge < -0.3 is 14.2 Å². The number of rotatable bonds is 19. The van der Waals surface area contributed by atoms with Crippen molar-refractivity contribution in [1.82, 2.24) is 0 Å². The lowest BCUT2D eigenvalue weighted by atomic mass is 10.1. The summed E-state index contributed by atoms with van der Waals surface area (Å²) in [5.41, 5.74) is 0. The van der Waals surface area contributed by atoms with E-state index in [9.17, 15) is 9.59 Å². The number of hydrogen-bond donors (Lipinski definition) is 0. The standard InChI is InChI=1S/C21H40O5/c1-3-5-7-9-10-11-12-13-15-17-26-21(23)19-24-18-20(22)25-16-14-8-6-4-2/h3-19H2,1-2H3. The molecular formula is C21H40O5. The van der Waals surface area contributed by atoms with Gasteiger partial charge in [0.1, 0.15) is 13.2 Å². The van der Waals surface area contributed by atoms with Gasteiger partial charge in [-0.1, -0.05) is 84.5 Å². The summed E-state index contributed by atoms with van der Waals surface area (Å²) in [6.07, 6.45) is 15.3. The van der Waals surface area contributed by atoms with Crippen molar-refractivity contribution in [1.29, 1.82) is 0 Å². The largest absolute Gasteiger partial charge is 0.464 e. The van der Waals surface area contributed by atoms with Crippen LogP contribution < -0.4 is 0 Å². The lowest BCUT2D eigenvalue weighted by molar-refractivity contribution is -0.155. The summed E-state index contributed by atoms with van der Waals surface area (Å²) in [5, 5.41) is 0. The van der Waals surface area contributed by atoms with Crippen LogP contribution in [0.25, 0.3) is 0 Å². The Morgan fingerprint density at radius 3 is 1.31 bits per heavy atom. The summed E-state index contributed by atoms with van der Waals surface area (Å²) >= 11 is 0. The molecule has 0 fully saturated rings. The number of esters is 2. The van der Waals surface area contributed by atoms with Crippen molar-refractivity contribution in [3.05, 3.63) is 0 Å². The van der Waals surface area contributed by atoms with Gasteiger partial charge in [-0.05, 0) is 12.8 Å². The molecule has 0 saturated carbocycles. The van der Waals surface area contributed by atoms with Gasteiger partial charge in [0.2, 0.25) is 0 Å². The molecule has 0 aromatic heterocycles. The molecule has 154 valence electrons. The minimum absolute atomic E-state index is 0.192. The smallest absolute Gasteiger partial charge is 0.332 e. The van der Waals surface area contributed by atoms with Gasteiger partial charge in [0, 0.05) is 0 Å². The molecular weight excluding hydrogens is 332 g/mol. The lowest BCUT2D eigenvalue weighted by Gasteiger charge is -2.07. The highest BCUT2D eigenvalue weighted by Crippen LogP contribution is 2.09. The molecule has 0 spiro atoms. The SMILES string of the molecule is CCCCCCCCCCCOC(=O)COCC(=O)OCCCCCC. The summed E-state index contributed by atoms with van der Waals surface area (Å²) in [6, 6.07) is 0. The highest BCUT2D eigenvalue weighted by atomic mass is 16.6. The number of ether oxygens (including phenoxy) is 3. The Hall–Kier alpha value is -1.10. The molecule has 0 aliphatic carbocycles. The Morgan fingerprint density at radius 2 is 0.885 bits per heavy atom. The molecule has 5 heteroatoms. The van der Waals surface area contributed by atoms with E-state index in [-0.39, 0.29) is 13.2 Å². The highest BCUT2D eigenvalue weighted by molar-refractivity contribution is 5.73. The molecule has 26 heavy (non-hydrogen) atoms. The zero-order valence-electron chi connectivity index (χ0n) is 17.1. The Labute approximate surface area is 160 Å². The number of carbonyl (C=O) groups is 2. The molecule has 0 heterocycles. The molecule has 0 radical (unpaired) electrons. The molecule has 0 N–H and O–H groups in total. The van der Waals surface area contributed by atoms with Crippen molar-refractivity contribution in [3.8, 4) is 0 Å². The van der Waals surface area contributed by atoms with Crippen LogP contribution in [0.4, 0.5) is 0 Å². The molecule has 0 atom stereocenters. The van der Waals surface area contributed by atoms with E-state index >= 15 is 0 Å². The van der Waals surface area contributed by atoms with Gasteiger partial charge in [-0.2, -0.15) is 0 Å².